The number of esters is 1. The summed E-state index contributed by atoms with van der Waals surface area (Å²) in [5, 5.41) is 0. The molecule has 0 spiro atoms. The number of hydrogen-bond donors (Lipinski definition) is 0. The predicted octanol–water partition coefficient (Wildman–Crippen LogP) is 2.53. The first-order valence-electron chi connectivity index (χ1n) is 7.39. The van der Waals surface area contributed by atoms with E-state index in [-0.39, 0.29) is 18.0 Å². The van der Waals surface area contributed by atoms with Gasteiger partial charge in [-0.2, -0.15) is 0 Å². The van der Waals surface area contributed by atoms with Gasteiger partial charge >= 0.3 is 12.0 Å². The average molecular weight is 302 g/mol. The van der Waals surface area contributed by atoms with Gasteiger partial charge in [-0.25, -0.2) is 9.59 Å². The number of amides is 2. The van der Waals surface area contributed by atoms with Crippen molar-refractivity contribution in [3.63, 3.8) is 0 Å². The first-order chi connectivity index (χ1) is 10.4. The molecule has 1 unspecified atom stereocenters. The quantitative estimate of drug-likeness (QED) is 0.637. The van der Waals surface area contributed by atoms with Gasteiger partial charge in [0.15, 0.2) is 0 Å². The number of rotatable bonds is 3. The number of fused-ring (bicyclic) bond motifs is 1. The number of anilines is 1. The fourth-order valence-corrected chi connectivity index (χ4v) is 2.60. The first-order valence-corrected chi connectivity index (χ1v) is 7.39. The van der Waals surface area contributed by atoms with E-state index in [4.69, 9.17) is 4.74 Å². The van der Waals surface area contributed by atoms with E-state index in [0.29, 0.717) is 13.0 Å². The summed E-state index contributed by atoms with van der Waals surface area (Å²) in [7, 11) is 3.45. The summed E-state index contributed by atoms with van der Waals surface area (Å²) in [5.41, 5.74) is 3.18. The largest absolute Gasteiger partial charge is 0.463 e. The maximum absolute atomic E-state index is 12.5. The summed E-state index contributed by atoms with van der Waals surface area (Å²) in [6.45, 7) is 4.13. The highest BCUT2D eigenvalue weighted by Gasteiger charge is 2.33. The van der Waals surface area contributed by atoms with Crippen LogP contribution in [0.1, 0.15) is 18.1 Å². The summed E-state index contributed by atoms with van der Waals surface area (Å²) >= 11 is 0. The topological polar surface area (TPSA) is 49.9 Å². The van der Waals surface area contributed by atoms with Crippen molar-refractivity contribution in [2.75, 3.05) is 25.6 Å². The highest BCUT2D eigenvalue weighted by Crippen LogP contribution is 2.34. The van der Waals surface area contributed by atoms with Gasteiger partial charge in [-0.1, -0.05) is 23.8 Å². The Kier molecular flexibility index (Phi) is 4.85. The second-order valence-electron chi connectivity index (χ2n) is 5.56. The molecule has 0 N–H and O–H groups in total. The van der Waals surface area contributed by atoms with Crippen molar-refractivity contribution < 1.29 is 14.3 Å². The van der Waals surface area contributed by atoms with Gasteiger partial charge in [0.25, 0.3) is 0 Å². The number of benzene rings is 1. The molecule has 0 radical (unpaired) electrons. The molecule has 1 aliphatic rings. The molecule has 22 heavy (non-hydrogen) atoms. The fourth-order valence-electron chi connectivity index (χ4n) is 2.60. The van der Waals surface area contributed by atoms with Gasteiger partial charge < -0.3 is 9.64 Å². The van der Waals surface area contributed by atoms with Crippen molar-refractivity contribution >= 4 is 17.7 Å². The molecule has 1 aromatic carbocycles. The second kappa shape index (κ2) is 6.64. The van der Waals surface area contributed by atoms with Gasteiger partial charge in [0, 0.05) is 25.9 Å². The predicted molar refractivity (Wildman–Crippen MR) is 86.0 cm³/mol. The van der Waals surface area contributed by atoms with E-state index in [1.165, 1.54) is 6.08 Å². The van der Waals surface area contributed by atoms with Crippen molar-refractivity contribution in [3.05, 3.63) is 41.5 Å². The minimum atomic E-state index is -0.383. The molecule has 1 aromatic rings. The Bertz CT molecular complexity index is 608. The zero-order valence-corrected chi connectivity index (χ0v) is 13.5. The number of ether oxygens (including phenoxy) is 1. The van der Waals surface area contributed by atoms with Crippen molar-refractivity contribution in [2.45, 2.75) is 26.3 Å². The highest BCUT2D eigenvalue weighted by molar-refractivity contribution is 5.95. The Hall–Kier alpha value is -2.30. The van der Waals surface area contributed by atoms with Gasteiger partial charge in [-0.15, -0.1) is 0 Å². The molecule has 5 nitrogen and oxygen atoms in total. The fraction of sp³-hybridized carbons (Fsp3) is 0.412. The van der Waals surface area contributed by atoms with Crippen LogP contribution in [0.3, 0.4) is 0 Å². The van der Waals surface area contributed by atoms with Gasteiger partial charge in [-0.3, -0.25) is 4.90 Å². The molecule has 2 rings (SSSR count). The van der Waals surface area contributed by atoms with E-state index in [2.05, 4.69) is 6.07 Å². The summed E-state index contributed by atoms with van der Waals surface area (Å²) in [6, 6.07) is 5.78. The maximum atomic E-state index is 12.5. The third-order valence-electron chi connectivity index (χ3n) is 3.58. The standard InChI is InChI=1S/C17H22N2O3/c1-5-22-16(20)9-7-14-11-13-10-12(2)6-8-15(13)19(14)17(21)18(3)4/h6-10,14H,5,11H2,1-4H3/b9-7+. The number of carbonyl (C=O) groups excluding carboxylic acids is 2. The van der Waals surface area contributed by atoms with Crippen LogP contribution >= 0.6 is 0 Å². The molecule has 0 aliphatic carbocycles. The normalized spacial score (nSPS) is 16.7. The number of urea groups is 1. The average Bonchev–Trinajstić information content (AvgIpc) is 2.81. The van der Waals surface area contributed by atoms with E-state index in [9.17, 15) is 9.59 Å². The second-order valence-corrected chi connectivity index (χ2v) is 5.56. The van der Waals surface area contributed by atoms with Crippen molar-refractivity contribution in [3.8, 4) is 0 Å². The Morgan fingerprint density at radius 2 is 2.14 bits per heavy atom. The zero-order valence-electron chi connectivity index (χ0n) is 13.5. The lowest BCUT2D eigenvalue weighted by atomic mass is 10.1. The minimum Gasteiger partial charge on any atom is -0.463 e. The summed E-state index contributed by atoms with van der Waals surface area (Å²) in [4.78, 5) is 27.3. The number of nitrogens with zero attached hydrogens (tertiary/aromatic N) is 2. The van der Waals surface area contributed by atoms with Crippen LogP contribution in [0.15, 0.2) is 30.4 Å². The van der Waals surface area contributed by atoms with Crippen LogP contribution in [0.5, 0.6) is 0 Å². The molecular formula is C17H22N2O3. The van der Waals surface area contributed by atoms with Gasteiger partial charge in [0.1, 0.15) is 0 Å². The lowest BCUT2D eigenvalue weighted by molar-refractivity contribution is -0.137. The molecule has 5 heteroatoms. The maximum Gasteiger partial charge on any atom is 0.330 e. The SMILES string of the molecule is CCOC(=O)/C=C/C1Cc2cc(C)ccc2N1C(=O)N(C)C. The third-order valence-corrected chi connectivity index (χ3v) is 3.58. The molecule has 1 aliphatic heterocycles. The van der Waals surface area contributed by atoms with E-state index in [1.54, 1.807) is 36.9 Å². The number of aryl methyl sites for hydroxylation is 1. The third kappa shape index (κ3) is 3.30. The number of hydrogen-bond acceptors (Lipinski definition) is 3. The zero-order chi connectivity index (χ0) is 16.3. The summed E-state index contributed by atoms with van der Waals surface area (Å²) in [6.07, 6.45) is 3.85. The van der Waals surface area contributed by atoms with Crippen LogP contribution < -0.4 is 4.90 Å². The van der Waals surface area contributed by atoms with Crippen LogP contribution in [-0.2, 0) is 16.0 Å². The Labute approximate surface area is 131 Å². The van der Waals surface area contributed by atoms with E-state index < -0.39 is 0 Å². The molecule has 0 fully saturated rings. The van der Waals surface area contributed by atoms with Crippen molar-refractivity contribution in [1.82, 2.24) is 4.90 Å². The number of carbonyl (C=O) groups is 2. The van der Waals surface area contributed by atoms with E-state index in [1.807, 2.05) is 19.1 Å². The molecule has 1 atom stereocenters. The van der Waals surface area contributed by atoms with Gasteiger partial charge in [0.05, 0.1) is 12.6 Å². The smallest absolute Gasteiger partial charge is 0.330 e. The molecule has 2 amide bonds. The van der Waals surface area contributed by atoms with Crippen LogP contribution in [0.25, 0.3) is 0 Å². The van der Waals surface area contributed by atoms with Crippen LogP contribution in [0.4, 0.5) is 10.5 Å². The first kappa shape index (κ1) is 16.1. The lowest BCUT2D eigenvalue weighted by Crippen LogP contribution is -2.43. The van der Waals surface area contributed by atoms with Crippen LogP contribution in [-0.4, -0.2) is 43.6 Å². The highest BCUT2D eigenvalue weighted by atomic mass is 16.5. The van der Waals surface area contributed by atoms with Gasteiger partial charge in [-0.05, 0) is 31.9 Å². The molecule has 0 saturated heterocycles. The Morgan fingerprint density at radius 3 is 2.77 bits per heavy atom. The molecular weight excluding hydrogens is 280 g/mol. The molecule has 0 saturated carbocycles. The Morgan fingerprint density at radius 1 is 1.41 bits per heavy atom. The Balaban J connectivity index is 2.30. The van der Waals surface area contributed by atoms with Crippen LogP contribution in [0, 0.1) is 6.92 Å². The molecule has 0 bridgehead atoms. The van der Waals surface area contributed by atoms with E-state index >= 15 is 0 Å². The van der Waals surface area contributed by atoms with Crippen molar-refractivity contribution in [1.29, 1.82) is 0 Å². The summed E-state index contributed by atoms with van der Waals surface area (Å²) in [5.74, 6) is -0.383. The lowest BCUT2D eigenvalue weighted by Gasteiger charge is -2.26. The van der Waals surface area contributed by atoms with E-state index in [0.717, 1.165) is 16.8 Å². The summed E-state index contributed by atoms with van der Waals surface area (Å²) < 4.78 is 4.90. The molecule has 118 valence electrons. The minimum absolute atomic E-state index is 0.0962. The molecule has 0 aromatic heterocycles. The van der Waals surface area contributed by atoms with Gasteiger partial charge in [0.2, 0.25) is 0 Å². The van der Waals surface area contributed by atoms with Crippen molar-refractivity contribution in [2.24, 2.45) is 0 Å². The van der Waals surface area contributed by atoms with Crippen LogP contribution in [0.2, 0.25) is 0 Å². The molecule has 1 heterocycles. The monoisotopic (exact) mass is 302 g/mol.